The second-order valence-electron chi connectivity index (χ2n) is 5.05. The zero-order valence-corrected chi connectivity index (χ0v) is 13.9. The van der Waals surface area contributed by atoms with Gasteiger partial charge in [0.05, 0.1) is 31.5 Å². The number of ether oxygens (including phenoxy) is 2. The molecule has 0 spiro atoms. The van der Waals surface area contributed by atoms with Gasteiger partial charge in [-0.2, -0.15) is 0 Å². The molecule has 1 N–H and O–H groups in total. The van der Waals surface area contributed by atoms with Crippen LogP contribution in [0.2, 0.25) is 0 Å². The van der Waals surface area contributed by atoms with Gasteiger partial charge in [-0.15, -0.1) is 0 Å². The van der Waals surface area contributed by atoms with E-state index in [9.17, 15) is 9.59 Å². The minimum Gasteiger partial charge on any atom is -0.495 e. The number of benzene rings is 1. The summed E-state index contributed by atoms with van der Waals surface area (Å²) in [6.07, 6.45) is 1.44. The molecule has 0 bridgehead atoms. The van der Waals surface area contributed by atoms with Gasteiger partial charge in [-0.1, -0.05) is 5.16 Å². The van der Waals surface area contributed by atoms with Gasteiger partial charge in [0, 0.05) is 13.1 Å². The molecule has 1 heterocycles. The van der Waals surface area contributed by atoms with E-state index in [-0.39, 0.29) is 12.1 Å². The van der Waals surface area contributed by atoms with Gasteiger partial charge in [-0.25, -0.2) is 9.59 Å². The van der Waals surface area contributed by atoms with E-state index >= 15 is 0 Å². The van der Waals surface area contributed by atoms with Crippen molar-refractivity contribution >= 4 is 17.7 Å². The third-order valence-corrected chi connectivity index (χ3v) is 3.65. The van der Waals surface area contributed by atoms with Crippen molar-refractivity contribution in [1.82, 2.24) is 10.1 Å². The molecular weight excluding hydrogens is 314 g/mol. The molecule has 2 amide bonds. The fraction of sp³-hybridized carbons (Fsp3) is 0.312. The Kier molecular flexibility index (Phi) is 5.41. The van der Waals surface area contributed by atoms with Crippen LogP contribution in [0.4, 0.5) is 10.5 Å². The lowest BCUT2D eigenvalue weighted by molar-refractivity contribution is 0.0600. The number of hydrogen-bond acceptors (Lipinski definition) is 6. The van der Waals surface area contributed by atoms with Gasteiger partial charge in [0.15, 0.2) is 0 Å². The summed E-state index contributed by atoms with van der Waals surface area (Å²) >= 11 is 0. The summed E-state index contributed by atoms with van der Waals surface area (Å²) < 4.78 is 14.7. The molecule has 8 heteroatoms. The summed E-state index contributed by atoms with van der Waals surface area (Å²) in [5, 5.41) is 6.55. The van der Waals surface area contributed by atoms with E-state index in [0.717, 1.165) is 0 Å². The van der Waals surface area contributed by atoms with E-state index in [1.807, 2.05) is 6.92 Å². The molecule has 128 valence electrons. The van der Waals surface area contributed by atoms with Crippen molar-refractivity contribution in [2.45, 2.75) is 13.0 Å². The van der Waals surface area contributed by atoms with Gasteiger partial charge >= 0.3 is 12.0 Å². The first-order valence-electron chi connectivity index (χ1n) is 7.18. The molecule has 0 fully saturated rings. The molecule has 2 aromatic rings. The van der Waals surface area contributed by atoms with Crippen LogP contribution in [-0.4, -0.2) is 43.3 Å². The summed E-state index contributed by atoms with van der Waals surface area (Å²) in [5.41, 5.74) is 1.30. The van der Waals surface area contributed by atoms with Crippen molar-refractivity contribution in [2.24, 2.45) is 0 Å². The predicted octanol–water partition coefficient (Wildman–Crippen LogP) is 2.69. The summed E-state index contributed by atoms with van der Waals surface area (Å²) in [5.74, 6) is -0.0732. The molecule has 0 aliphatic heterocycles. The maximum atomic E-state index is 12.5. The van der Waals surface area contributed by atoms with Crippen LogP contribution in [0.5, 0.6) is 5.75 Å². The number of nitrogens with one attached hydrogen (secondary N) is 1. The van der Waals surface area contributed by atoms with Crippen LogP contribution in [-0.2, 0) is 4.74 Å². The largest absolute Gasteiger partial charge is 0.495 e. The highest BCUT2D eigenvalue weighted by molar-refractivity contribution is 5.95. The van der Waals surface area contributed by atoms with Gasteiger partial charge in [0.2, 0.25) is 0 Å². The molecule has 0 aliphatic carbocycles. The molecule has 0 radical (unpaired) electrons. The molecule has 1 atom stereocenters. The first-order valence-corrected chi connectivity index (χ1v) is 7.18. The molecule has 1 aromatic heterocycles. The van der Waals surface area contributed by atoms with Crippen LogP contribution in [0.25, 0.3) is 0 Å². The van der Waals surface area contributed by atoms with Crippen LogP contribution < -0.4 is 10.1 Å². The van der Waals surface area contributed by atoms with Crippen LogP contribution >= 0.6 is 0 Å². The van der Waals surface area contributed by atoms with E-state index in [4.69, 9.17) is 9.26 Å². The lowest BCUT2D eigenvalue weighted by atomic mass is 10.2. The SMILES string of the molecule is COC(=O)c1ccc(OC)c(NC(=O)N(C)[C@@H](C)c2ccon2)c1. The lowest BCUT2D eigenvalue weighted by Crippen LogP contribution is -2.33. The quantitative estimate of drug-likeness (QED) is 0.846. The van der Waals surface area contributed by atoms with Crippen molar-refractivity contribution < 1.29 is 23.6 Å². The van der Waals surface area contributed by atoms with Crippen molar-refractivity contribution in [3.63, 3.8) is 0 Å². The maximum absolute atomic E-state index is 12.5. The number of anilines is 1. The average Bonchev–Trinajstić information content (AvgIpc) is 3.14. The van der Waals surface area contributed by atoms with Gasteiger partial charge in [-0.3, -0.25) is 0 Å². The Morgan fingerprint density at radius 2 is 2.04 bits per heavy atom. The normalized spacial score (nSPS) is 11.5. The Bertz CT molecular complexity index is 715. The summed E-state index contributed by atoms with van der Waals surface area (Å²) in [7, 11) is 4.40. The topological polar surface area (TPSA) is 93.9 Å². The first-order chi connectivity index (χ1) is 11.5. The molecule has 8 nitrogen and oxygen atoms in total. The number of methoxy groups -OCH3 is 2. The number of carbonyl (C=O) groups is 2. The van der Waals surface area contributed by atoms with Gasteiger partial charge in [-0.05, 0) is 25.1 Å². The minimum atomic E-state index is -0.502. The maximum Gasteiger partial charge on any atom is 0.337 e. The fourth-order valence-electron chi connectivity index (χ4n) is 2.07. The number of amides is 2. The van der Waals surface area contributed by atoms with Crippen LogP contribution in [0.15, 0.2) is 35.1 Å². The number of carbonyl (C=O) groups excluding carboxylic acids is 2. The zero-order chi connectivity index (χ0) is 17.7. The fourth-order valence-corrected chi connectivity index (χ4v) is 2.07. The first kappa shape index (κ1) is 17.3. The van der Waals surface area contributed by atoms with Crippen molar-refractivity contribution in [3.8, 4) is 5.75 Å². The molecular formula is C16H19N3O5. The Labute approximate surface area is 139 Å². The van der Waals surface area contributed by atoms with E-state index in [0.29, 0.717) is 22.7 Å². The van der Waals surface area contributed by atoms with Gasteiger partial charge < -0.3 is 24.2 Å². The number of urea groups is 1. The highest BCUT2D eigenvalue weighted by Crippen LogP contribution is 2.27. The number of hydrogen-bond donors (Lipinski definition) is 1. The molecule has 0 aliphatic rings. The third kappa shape index (κ3) is 3.65. The van der Waals surface area contributed by atoms with Crippen LogP contribution in [0.3, 0.4) is 0 Å². The minimum absolute atomic E-state index is 0.293. The van der Waals surface area contributed by atoms with Crippen LogP contribution in [0, 0.1) is 0 Å². The standard InChI is InChI=1S/C16H19N3O5/c1-10(12-7-8-24-18-12)19(2)16(21)17-13-9-11(15(20)23-4)5-6-14(13)22-3/h5-10H,1-4H3,(H,17,21)/t10-/m0/s1. The molecule has 0 saturated heterocycles. The third-order valence-electron chi connectivity index (χ3n) is 3.65. The highest BCUT2D eigenvalue weighted by Gasteiger charge is 2.21. The van der Waals surface area contributed by atoms with Crippen LogP contribution in [0.1, 0.15) is 29.0 Å². The smallest absolute Gasteiger partial charge is 0.337 e. The summed E-state index contributed by atoms with van der Waals surface area (Å²) in [6.45, 7) is 1.82. The lowest BCUT2D eigenvalue weighted by Gasteiger charge is -2.24. The van der Waals surface area contributed by atoms with Crippen molar-refractivity contribution in [3.05, 3.63) is 41.8 Å². The second-order valence-corrected chi connectivity index (χ2v) is 5.05. The summed E-state index contributed by atoms with van der Waals surface area (Å²) in [4.78, 5) is 25.6. The Morgan fingerprint density at radius 3 is 2.62 bits per heavy atom. The van der Waals surface area contributed by atoms with Gasteiger partial charge in [0.25, 0.3) is 0 Å². The Balaban J connectivity index is 2.19. The monoisotopic (exact) mass is 333 g/mol. The second kappa shape index (κ2) is 7.49. The highest BCUT2D eigenvalue weighted by atomic mass is 16.5. The predicted molar refractivity (Wildman–Crippen MR) is 86.0 cm³/mol. The average molecular weight is 333 g/mol. The molecule has 0 unspecified atom stereocenters. The number of rotatable bonds is 5. The summed E-state index contributed by atoms with van der Waals surface area (Å²) in [6, 6.07) is 5.65. The Morgan fingerprint density at radius 1 is 1.29 bits per heavy atom. The number of aromatic nitrogens is 1. The zero-order valence-electron chi connectivity index (χ0n) is 13.9. The number of esters is 1. The van der Waals surface area contributed by atoms with E-state index in [1.165, 1.54) is 31.4 Å². The van der Waals surface area contributed by atoms with Crippen molar-refractivity contribution in [2.75, 3.05) is 26.6 Å². The molecule has 2 rings (SSSR count). The Hall–Kier alpha value is -3.03. The molecule has 24 heavy (non-hydrogen) atoms. The molecule has 1 aromatic carbocycles. The van der Waals surface area contributed by atoms with E-state index in [1.54, 1.807) is 25.2 Å². The van der Waals surface area contributed by atoms with E-state index in [2.05, 4.69) is 15.2 Å². The molecule has 0 saturated carbocycles. The van der Waals surface area contributed by atoms with Gasteiger partial charge in [0.1, 0.15) is 17.7 Å². The van der Waals surface area contributed by atoms with E-state index < -0.39 is 5.97 Å². The number of nitrogens with zero attached hydrogens (tertiary/aromatic N) is 2. The van der Waals surface area contributed by atoms with Crippen molar-refractivity contribution in [1.29, 1.82) is 0 Å².